The van der Waals surface area contributed by atoms with Gasteiger partial charge in [-0.1, -0.05) is 52.8 Å². The van der Waals surface area contributed by atoms with Gasteiger partial charge in [-0.2, -0.15) is 0 Å². The maximum absolute atomic E-state index is 10.4. The van der Waals surface area contributed by atoms with Gasteiger partial charge in [0, 0.05) is 0 Å². The van der Waals surface area contributed by atoms with Gasteiger partial charge < -0.3 is 5.11 Å². The lowest BCUT2D eigenvalue weighted by molar-refractivity contribution is 0.196. The normalized spacial score (nSPS) is 14.7. The minimum Gasteiger partial charge on any atom is -0.506 e. The van der Waals surface area contributed by atoms with E-state index in [4.69, 9.17) is 0 Å². The van der Waals surface area contributed by atoms with Gasteiger partial charge >= 0.3 is 0 Å². The van der Waals surface area contributed by atoms with E-state index in [0.717, 1.165) is 17.5 Å². The van der Waals surface area contributed by atoms with Crippen molar-refractivity contribution in [3.8, 4) is 11.4 Å². The predicted molar refractivity (Wildman–Crippen MR) is 97.6 cm³/mol. The van der Waals surface area contributed by atoms with Crippen molar-refractivity contribution in [1.82, 2.24) is 15.0 Å². The van der Waals surface area contributed by atoms with E-state index in [-0.39, 0.29) is 16.6 Å². The maximum atomic E-state index is 10.4. The largest absolute Gasteiger partial charge is 0.506 e. The van der Waals surface area contributed by atoms with Crippen LogP contribution in [0.1, 0.15) is 46.6 Å². The first-order chi connectivity index (χ1) is 11.3. The third-order valence-electron chi connectivity index (χ3n) is 5.48. The molecule has 0 fully saturated rings. The highest BCUT2D eigenvalue weighted by atomic mass is 16.3. The Hall–Kier alpha value is -2.36. The van der Waals surface area contributed by atoms with Crippen LogP contribution >= 0.6 is 0 Å². The van der Waals surface area contributed by atoms with Crippen molar-refractivity contribution in [3.63, 3.8) is 0 Å². The van der Waals surface area contributed by atoms with Gasteiger partial charge in [-0.3, -0.25) is 0 Å². The summed E-state index contributed by atoms with van der Waals surface area (Å²) in [5, 5.41) is 19.4. The zero-order valence-corrected chi connectivity index (χ0v) is 15.0. The topological polar surface area (TPSA) is 50.9 Å². The Bertz CT molecular complexity index is 843. The molecule has 4 nitrogen and oxygen atoms in total. The quantitative estimate of drug-likeness (QED) is 0.750. The molecular weight excluding hydrogens is 298 g/mol. The highest BCUT2D eigenvalue weighted by Crippen LogP contribution is 2.45. The summed E-state index contributed by atoms with van der Waals surface area (Å²) in [6.45, 7) is 11.2. The van der Waals surface area contributed by atoms with Crippen molar-refractivity contribution in [2.75, 3.05) is 0 Å². The van der Waals surface area contributed by atoms with Crippen molar-refractivity contribution < 1.29 is 5.11 Å². The standard InChI is InChI=1S/C20H25N3O/c1-6-20(5,19(2,3)4)14-11-12-18(24)17(13-14)23-21-15-9-7-8-10-16(15)22-23/h7-13,24H,6H2,1-5H3. The van der Waals surface area contributed by atoms with Crippen molar-refractivity contribution in [3.05, 3.63) is 48.0 Å². The smallest absolute Gasteiger partial charge is 0.143 e. The summed E-state index contributed by atoms with van der Waals surface area (Å²) in [5.41, 5.74) is 3.52. The Morgan fingerprint density at radius 1 is 0.958 bits per heavy atom. The van der Waals surface area contributed by atoms with Gasteiger partial charge in [0.1, 0.15) is 22.5 Å². The molecule has 3 rings (SSSR count). The van der Waals surface area contributed by atoms with Crippen molar-refractivity contribution >= 4 is 11.0 Å². The minimum absolute atomic E-state index is 0.0119. The van der Waals surface area contributed by atoms with E-state index in [1.54, 1.807) is 6.07 Å². The third kappa shape index (κ3) is 2.56. The number of aromatic nitrogens is 3. The van der Waals surface area contributed by atoms with Gasteiger partial charge in [0.15, 0.2) is 0 Å². The molecule has 1 unspecified atom stereocenters. The zero-order valence-electron chi connectivity index (χ0n) is 15.0. The predicted octanol–water partition coefficient (Wildman–Crippen LogP) is 4.84. The summed E-state index contributed by atoms with van der Waals surface area (Å²) in [5.74, 6) is 0.186. The van der Waals surface area contributed by atoms with Crippen molar-refractivity contribution in [1.29, 1.82) is 0 Å². The second kappa shape index (κ2) is 5.62. The number of nitrogens with zero attached hydrogens (tertiary/aromatic N) is 3. The molecule has 4 heteroatoms. The second-order valence-electron chi connectivity index (χ2n) is 7.62. The summed E-state index contributed by atoms with van der Waals surface area (Å²) in [6.07, 6.45) is 1.01. The van der Waals surface area contributed by atoms with Crippen LogP contribution in [-0.2, 0) is 5.41 Å². The van der Waals surface area contributed by atoms with Gasteiger partial charge in [-0.05, 0) is 47.1 Å². The lowest BCUT2D eigenvalue weighted by Gasteiger charge is -2.42. The van der Waals surface area contributed by atoms with Crippen LogP contribution in [0.4, 0.5) is 0 Å². The fourth-order valence-electron chi connectivity index (χ4n) is 3.16. The van der Waals surface area contributed by atoms with Crippen LogP contribution in [0.3, 0.4) is 0 Å². The second-order valence-corrected chi connectivity index (χ2v) is 7.62. The molecule has 1 atom stereocenters. The number of benzene rings is 2. The molecule has 1 N–H and O–H groups in total. The molecule has 0 spiro atoms. The summed E-state index contributed by atoms with van der Waals surface area (Å²) < 4.78 is 0. The average Bonchev–Trinajstić information content (AvgIpc) is 2.97. The first-order valence-electron chi connectivity index (χ1n) is 8.42. The van der Waals surface area contributed by atoms with E-state index in [1.165, 1.54) is 10.4 Å². The zero-order chi connectivity index (χ0) is 17.5. The number of hydrogen-bond acceptors (Lipinski definition) is 3. The molecule has 2 aromatic carbocycles. The third-order valence-corrected chi connectivity index (χ3v) is 5.48. The molecule has 126 valence electrons. The van der Waals surface area contributed by atoms with E-state index < -0.39 is 0 Å². The van der Waals surface area contributed by atoms with E-state index in [9.17, 15) is 5.11 Å². The van der Waals surface area contributed by atoms with Crippen LogP contribution < -0.4 is 0 Å². The summed E-state index contributed by atoms with van der Waals surface area (Å²) in [7, 11) is 0. The number of rotatable bonds is 3. The molecule has 0 saturated carbocycles. The van der Waals surface area contributed by atoms with Gasteiger partial charge in [0.25, 0.3) is 0 Å². The molecular formula is C20H25N3O. The molecule has 0 bridgehead atoms. The van der Waals surface area contributed by atoms with E-state index in [0.29, 0.717) is 5.69 Å². The summed E-state index contributed by atoms with van der Waals surface area (Å²) >= 11 is 0. The molecule has 0 saturated heterocycles. The Morgan fingerprint density at radius 2 is 1.54 bits per heavy atom. The molecule has 24 heavy (non-hydrogen) atoms. The molecule has 3 aromatic rings. The number of hydrogen-bond donors (Lipinski definition) is 1. The molecule has 1 heterocycles. The Morgan fingerprint density at radius 3 is 2.04 bits per heavy atom. The van der Waals surface area contributed by atoms with E-state index >= 15 is 0 Å². The fraction of sp³-hybridized carbons (Fsp3) is 0.400. The summed E-state index contributed by atoms with van der Waals surface area (Å²) in [4.78, 5) is 1.53. The Balaban J connectivity index is 2.16. The maximum Gasteiger partial charge on any atom is 0.143 e. The van der Waals surface area contributed by atoms with Gasteiger partial charge in [-0.25, -0.2) is 0 Å². The molecule has 0 aliphatic rings. The lowest BCUT2D eigenvalue weighted by Crippen LogP contribution is -2.36. The first kappa shape index (κ1) is 16.5. The van der Waals surface area contributed by atoms with Crippen LogP contribution in [0.25, 0.3) is 16.7 Å². The van der Waals surface area contributed by atoms with Crippen LogP contribution in [0.15, 0.2) is 42.5 Å². The number of phenols is 1. The highest BCUT2D eigenvalue weighted by Gasteiger charge is 2.37. The van der Waals surface area contributed by atoms with Crippen LogP contribution in [-0.4, -0.2) is 20.1 Å². The van der Waals surface area contributed by atoms with Crippen molar-refractivity contribution in [2.24, 2.45) is 5.41 Å². The number of aromatic hydroxyl groups is 1. The minimum atomic E-state index is -0.0119. The van der Waals surface area contributed by atoms with Crippen LogP contribution in [0.2, 0.25) is 0 Å². The van der Waals surface area contributed by atoms with Gasteiger partial charge in [0.05, 0.1) is 0 Å². The SMILES string of the molecule is CCC(C)(c1ccc(O)c(-n2nc3ccccc3n2)c1)C(C)(C)C. The van der Waals surface area contributed by atoms with Crippen LogP contribution in [0.5, 0.6) is 5.75 Å². The molecule has 0 radical (unpaired) electrons. The lowest BCUT2D eigenvalue weighted by atomic mass is 9.62. The fourth-order valence-corrected chi connectivity index (χ4v) is 3.16. The summed E-state index contributed by atoms with van der Waals surface area (Å²) in [6, 6.07) is 13.5. The molecule has 1 aromatic heterocycles. The molecule has 0 aliphatic heterocycles. The number of phenolic OH excluding ortho intramolecular Hbond substituents is 1. The van der Waals surface area contributed by atoms with Crippen LogP contribution in [0, 0.1) is 5.41 Å². The monoisotopic (exact) mass is 323 g/mol. The number of fused-ring (bicyclic) bond motifs is 1. The average molecular weight is 323 g/mol. The van der Waals surface area contributed by atoms with Gasteiger partial charge in [-0.15, -0.1) is 15.0 Å². The molecule has 0 aliphatic carbocycles. The Kier molecular flexibility index (Phi) is 3.86. The first-order valence-corrected chi connectivity index (χ1v) is 8.42. The highest BCUT2D eigenvalue weighted by molar-refractivity contribution is 5.73. The molecule has 0 amide bonds. The van der Waals surface area contributed by atoms with E-state index in [1.807, 2.05) is 36.4 Å². The van der Waals surface area contributed by atoms with Crippen molar-refractivity contribution in [2.45, 2.75) is 46.5 Å². The van der Waals surface area contributed by atoms with E-state index in [2.05, 4.69) is 44.8 Å². The Labute approximate surface area is 143 Å². The van der Waals surface area contributed by atoms with Gasteiger partial charge in [0.2, 0.25) is 0 Å².